The van der Waals surface area contributed by atoms with Crippen LogP contribution < -0.4 is 10.5 Å². The van der Waals surface area contributed by atoms with Crippen LogP contribution in [0, 0.1) is 0 Å². The van der Waals surface area contributed by atoms with E-state index in [1.807, 2.05) is 0 Å². The summed E-state index contributed by atoms with van der Waals surface area (Å²) in [5.74, 6) is 1.14. The molecule has 100 valence electrons. The van der Waals surface area contributed by atoms with Crippen LogP contribution in [-0.2, 0) is 0 Å². The van der Waals surface area contributed by atoms with E-state index in [2.05, 4.69) is 44.6 Å². The summed E-state index contributed by atoms with van der Waals surface area (Å²) in [6.45, 7) is 5.85. The summed E-state index contributed by atoms with van der Waals surface area (Å²) in [4.78, 5) is 21.6. The lowest BCUT2D eigenvalue weighted by Gasteiger charge is -2.21. The summed E-state index contributed by atoms with van der Waals surface area (Å²) in [6.07, 6.45) is 4.78. The normalized spacial score (nSPS) is 16.2. The Bertz CT molecular complexity index is 462. The van der Waals surface area contributed by atoms with Gasteiger partial charge in [0.25, 0.3) is 5.56 Å². The van der Waals surface area contributed by atoms with Gasteiger partial charge in [-0.3, -0.25) is 9.78 Å². The van der Waals surface area contributed by atoms with E-state index in [0.717, 1.165) is 31.6 Å². The van der Waals surface area contributed by atoms with Crippen LogP contribution in [-0.4, -0.2) is 23.1 Å². The molecular weight excluding hydrogens is 294 g/mol. The summed E-state index contributed by atoms with van der Waals surface area (Å²) in [7, 11) is 0. The Hall–Kier alpha value is -0.840. The average Bonchev–Trinajstić information content (AvgIpc) is 2.88. The van der Waals surface area contributed by atoms with Crippen LogP contribution in [0.5, 0.6) is 0 Å². The highest BCUT2D eigenvalue weighted by molar-refractivity contribution is 9.10. The van der Waals surface area contributed by atoms with E-state index in [-0.39, 0.29) is 5.56 Å². The van der Waals surface area contributed by atoms with Crippen molar-refractivity contribution >= 4 is 21.9 Å². The molecule has 0 aromatic carbocycles. The van der Waals surface area contributed by atoms with Crippen molar-refractivity contribution in [1.29, 1.82) is 0 Å². The van der Waals surface area contributed by atoms with Crippen LogP contribution >= 0.6 is 15.9 Å². The molecule has 4 nitrogen and oxygen atoms in total. The fourth-order valence-corrected chi connectivity index (χ4v) is 3.12. The van der Waals surface area contributed by atoms with Crippen molar-refractivity contribution in [2.24, 2.45) is 0 Å². The van der Waals surface area contributed by atoms with Crippen molar-refractivity contribution in [2.75, 3.05) is 18.0 Å². The highest BCUT2D eigenvalue weighted by Gasteiger charge is 2.23. The Morgan fingerprint density at radius 2 is 1.94 bits per heavy atom. The average molecular weight is 314 g/mol. The molecule has 1 fully saturated rings. The number of H-pyrrole nitrogens is 1. The number of nitrogens with one attached hydrogen (secondary N) is 1. The number of hydrogen-bond donors (Lipinski definition) is 1. The quantitative estimate of drug-likeness (QED) is 0.929. The van der Waals surface area contributed by atoms with Gasteiger partial charge in [0, 0.05) is 19.0 Å². The van der Waals surface area contributed by atoms with Crippen LogP contribution in [0.25, 0.3) is 0 Å². The molecule has 1 N–H and O–H groups in total. The minimum Gasteiger partial charge on any atom is -0.343 e. The van der Waals surface area contributed by atoms with Crippen LogP contribution in [0.15, 0.2) is 9.27 Å². The van der Waals surface area contributed by atoms with Gasteiger partial charge in [-0.1, -0.05) is 12.8 Å². The lowest BCUT2D eigenvalue weighted by atomic mass is 10.0. The third-order valence-electron chi connectivity index (χ3n) is 3.68. The summed E-state index contributed by atoms with van der Waals surface area (Å²) >= 11 is 3.39. The fraction of sp³-hybridized carbons (Fsp3) is 0.692. The minimum absolute atomic E-state index is 0.0613. The zero-order chi connectivity index (χ0) is 13.1. The second kappa shape index (κ2) is 5.87. The maximum Gasteiger partial charge on any atom is 0.266 e. The first-order valence-corrected chi connectivity index (χ1v) is 7.51. The molecule has 0 spiro atoms. The number of hydrogen-bond acceptors (Lipinski definition) is 3. The van der Waals surface area contributed by atoms with E-state index < -0.39 is 0 Å². The van der Waals surface area contributed by atoms with Crippen molar-refractivity contribution in [3.63, 3.8) is 0 Å². The Labute approximate surface area is 116 Å². The van der Waals surface area contributed by atoms with Gasteiger partial charge in [-0.05, 0) is 42.6 Å². The molecule has 1 heterocycles. The van der Waals surface area contributed by atoms with Crippen LogP contribution in [0.4, 0.5) is 5.95 Å². The second-order valence-corrected chi connectivity index (χ2v) is 5.54. The van der Waals surface area contributed by atoms with Crippen molar-refractivity contribution < 1.29 is 0 Å². The minimum atomic E-state index is -0.0613. The number of aromatic amines is 1. The molecule has 1 saturated carbocycles. The number of anilines is 1. The topological polar surface area (TPSA) is 49.0 Å². The van der Waals surface area contributed by atoms with Crippen molar-refractivity contribution in [3.8, 4) is 0 Å². The lowest BCUT2D eigenvalue weighted by Crippen LogP contribution is -2.28. The van der Waals surface area contributed by atoms with E-state index in [9.17, 15) is 4.79 Å². The number of rotatable bonds is 4. The van der Waals surface area contributed by atoms with Gasteiger partial charge in [-0.2, -0.15) is 0 Å². The predicted octanol–water partition coefficient (Wildman–Crippen LogP) is 3.04. The molecule has 18 heavy (non-hydrogen) atoms. The van der Waals surface area contributed by atoms with Gasteiger partial charge in [-0.15, -0.1) is 0 Å². The molecule has 1 aliphatic rings. The summed E-state index contributed by atoms with van der Waals surface area (Å²) in [6, 6.07) is 0. The van der Waals surface area contributed by atoms with Crippen molar-refractivity contribution in [3.05, 3.63) is 20.5 Å². The summed E-state index contributed by atoms with van der Waals surface area (Å²) in [5.41, 5.74) is 0.881. The van der Waals surface area contributed by atoms with Gasteiger partial charge in [-0.25, -0.2) is 4.98 Å². The third-order valence-corrected chi connectivity index (χ3v) is 4.45. The monoisotopic (exact) mass is 313 g/mol. The Morgan fingerprint density at radius 1 is 1.33 bits per heavy atom. The third kappa shape index (κ3) is 2.60. The highest BCUT2D eigenvalue weighted by atomic mass is 79.9. The first-order chi connectivity index (χ1) is 8.67. The molecular formula is C13H20BrN3O. The van der Waals surface area contributed by atoms with E-state index in [1.165, 1.54) is 12.8 Å². The Balaban J connectivity index is 2.42. The second-order valence-electron chi connectivity index (χ2n) is 4.74. The predicted molar refractivity (Wildman–Crippen MR) is 77.3 cm³/mol. The van der Waals surface area contributed by atoms with E-state index >= 15 is 0 Å². The van der Waals surface area contributed by atoms with E-state index in [4.69, 9.17) is 0 Å². The van der Waals surface area contributed by atoms with Gasteiger partial charge >= 0.3 is 0 Å². The van der Waals surface area contributed by atoms with Crippen molar-refractivity contribution in [2.45, 2.75) is 45.4 Å². The molecule has 1 aromatic rings. The zero-order valence-corrected chi connectivity index (χ0v) is 12.6. The van der Waals surface area contributed by atoms with Gasteiger partial charge in [0.2, 0.25) is 5.95 Å². The summed E-state index contributed by atoms with van der Waals surface area (Å²) in [5, 5.41) is 0. The maximum absolute atomic E-state index is 12.0. The zero-order valence-electron chi connectivity index (χ0n) is 11.0. The summed E-state index contributed by atoms with van der Waals surface area (Å²) < 4.78 is 0.616. The maximum atomic E-state index is 12.0. The first kappa shape index (κ1) is 13.6. The molecule has 2 rings (SSSR count). The molecule has 0 unspecified atom stereocenters. The fourth-order valence-electron chi connectivity index (χ4n) is 2.61. The first-order valence-electron chi connectivity index (χ1n) is 6.72. The molecule has 1 aromatic heterocycles. The molecule has 0 aliphatic heterocycles. The van der Waals surface area contributed by atoms with Crippen LogP contribution in [0.3, 0.4) is 0 Å². The smallest absolute Gasteiger partial charge is 0.266 e. The highest BCUT2D eigenvalue weighted by Crippen LogP contribution is 2.35. The van der Waals surface area contributed by atoms with E-state index in [1.54, 1.807) is 0 Å². The van der Waals surface area contributed by atoms with Crippen molar-refractivity contribution in [1.82, 2.24) is 9.97 Å². The molecule has 0 atom stereocenters. The van der Waals surface area contributed by atoms with Gasteiger partial charge in [0.1, 0.15) is 4.47 Å². The van der Waals surface area contributed by atoms with Crippen LogP contribution in [0.1, 0.15) is 51.1 Å². The molecule has 1 aliphatic carbocycles. The molecule has 0 radical (unpaired) electrons. The van der Waals surface area contributed by atoms with Gasteiger partial charge in [0.15, 0.2) is 0 Å². The number of aromatic nitrogens is 2. The number of nitrogens with zero attached hydrogens (tertiary/aromatic N) is 2. The van der Waals surface area contributed by atoms with Gasteiger partial charge in [0.05, 0.1) is 5.69 Å². The largest absolute Gasteiger partial charge is 0.343 e. The Kier molecular flexibility index (Phi) is 4.43. The van der Waals surface area contributed by atoms with Crippen LogP contribution in [0.2, 0.25) is 0 Å². The Morgan fingerprint density at radius 3 is 2.50 bits per heavy atom. The van der Waals surface area contributed by atoms with Gasteiger partial charge < -0.3 is 4.90 Å². The standard InChI is InChI=1S/C13H20BrN3O/c1-3-17(4-2)13-15-11(9-7-5-6-8-9)10(14)12(18)16-13/h9H,3-8H2,1-2H3,(H,15,16,18). The molecule has 0 bridgehead atoms. The number of halogens is 1. The molecule has 0 saturated heterocycles. The van der Waals surface area contributed by atoms with E-state index in [0.29, 0.717) is 16.3 Å². The molecule has 5 heteroatoms. The lowest BCUT2D eigenvalue weighted by molar-refractivity contribution is 0.679. The SMILES string of the molecule is CCN(CC)c1nc(C2CCCC2)c(Br)c(=O)[nH]1. The molecule has 0 amide bonds.